The number of nitrogens with two attached hydrogens (primary N) is 1. The van der Waals surface area contributed by atoms with Crippen LogP contribution in [0.2, 0.25) is 5.02 Å². The Morgan fingerprint density at radius 3 is 2.69 bits per heavy atom. The lowest BCUT2D eigenvalue weighted by atomic mass is 10.1. The van der Waals surface area contributed by atoms with Gasteiger partial charge in [-0.05, 0) is 0 Å². The Morgan fingerprint density at radius 1 is 1.62 bits per heavy atom. The lowest BCUT2D eigenvalue weighted by Gasteiger charge is -2.05. The maximum absolute atomic E-state index is 12.3. The van der Waals surface area contributed by atoms with Crippen molar-refractivity contribution in [2.45, 2.75) is 6.43 Å². The quantitative estimate of drug-likeness (QED) is 0.761. The van der Waals surface area contributed by atoms with Crippen LogP contribution in [-0.2, 0) is 0 Å². The number of halogens is 3. The molecule has 0 aromatic carbocycles. The molecule has 0 spiro atoms. The van der Waals surface area contributed by atoms with Crippen molar-refractivity contribution in [3.63, 3.8) is 0 Å². The zero-order valence-electron chi connectivity index (χ0n) is 6.26. The van der Waals surface area contributed by atoms with E-state index in [1.807, 2.05) is 0 Å². The molecule has 0 fully saturated rings. The van der Waals surface area contributed by atoms with Crippen LogP contribution in [0.15, 0.2) is 6.20 Å². The predicted octanol–water partition coefficient (Wildman–Crippen LogP) is 2.13. The van der Waals surface area contributed by atoms with E-state index in [0.717, 1.165) is 6.20 Å². The largest absolute Gasteiger partial charge is 0.382 e. The molecule has 68 valence electrons. The molecule has 13 heavy (non-hydrogen) atoms. The molecule has 6 heteroatoms. The molecule has 2 N–H and O–H groups in total. The molecule has 0 atom stereocenters. The maximum atomic E-state index is 12.3. The van der Waals surface area contributed by atoms with Crippen molar-refractivity contribution in [1.29, 1.82) is 5.26 Å². The van der Waals surface area contributed by atoms with Crippen LogP contribution in [0.1, 0.15) is 17.6 Å². The Hall–Kier alpha value is -1.41. The van der Waals surface area contributed by atoms with Gasteiger partial charge in [0.1, 0.15) is 11.9 Å². The third-order valence-electron chi connectivity index (χ3n) is 1.42. The van der Waals surface area contributed by atoms with Crippen LogP contribution in [0.5, 0.6) is 0 Å². The highest BCUT2D eigenvalue weighted by atomic mass is 35.5. The number of nitrogens with zero attached hydrogens (tertiary/aromatic N) is 2. The Bertz CT molecular complexity index is 373. The average molecular weight is 204 g/mol. The second-order valence-electron chi connectivity index (χ2n) is 2.20. The van der Waals surface area contributed by atoms with Crippen molar-refractivity contribution in [3.8, 4) is 6.07 Å². The van der Waals surface area contributed by atoms with Crippen LogP contribution in [-0.4, -0.2) is 4.98 Å². The first-order chi connectivity index (χ1) is 6.07. The normalized spacial score (nSPS) is 10.1. The van der Waals surface area contributed by atoms with Gasteiger partial charge in [-0.25, -0.2) is 13.8 Å². The van der Waals surface area contributed by atoms with Gasteiger partial charge < -0.3 is 5.73 Å². The molecule has 0 aliphatic heterocycles. The SMILES string of the molecule is N#Cc1cnc(N)c(Cl)c1C(F)F. The molecule has 0 aliphatic carbocycles. The number of anilines is 1. The summed E-state index contributed by atoms with van der Waals surface area (Å²) in [4.78, 5) is 3.48. The van der Waals surface area contributed by atoms with E-state index in [2.05, 4.69) is 4.98 Å². The van der Waals surface area contributed by atoms with E-state index < -0.39 is 12.0 Å². The maximum Gasteiger partial charge on any atom is 0.266 e. The number of pyridine rings is 1. The summed E-state index contributed by atoms with van der Waals surface area (Å²) in [5.74, 6) is -0.198. The van der Waals surface area contributed by atoms with Crippen molar-refractivity contribution < 1.29 is 8.78 Å². The number of rotatable bonds is 1. The van der Waals surface area contributed by atoms with E-state index in [0.29, 0.717) is 0 Å². The van der Waals surface area contributed by atoms with Crippen LogP contribution in [0, 0.1) is 11.3 Å². The molecule has 1 heterocycles. The number of nitrogen functional groups attached to an aromatic ring is 1. The second kappa shape index (κ2) is 3.54. The first-order valence-electron chi connectivity index (χ1n) is 3.20. The highest BCUT2D eigenvalue weighted by Gasteiger charge is 2.19. The van der Waals surface area contributed by atoms with Crippen LogP contribution in [0.3, 0.4) is 0 Å². The molecule has 0 saturated carbocycles. The zero-order chi connectivity index (χ0) is 10.0. The third-order valence-corrected chi connectivity index (χ3v) is 1.82. The lowest BCUT2D eigenvalue weighted by Crippen LogP contribution is -1.99. The van der Waals surface area contributed by atoms with Crippen LogP contribution >= 0.6 is 11.6 Å². The number of hydrogen-bond donors (Lipinski definition) is 1. The Kier molecular flexibility index (Phi) is 2.63. The minimum atomic E-state index is -2.83. The summed E-state index contributed by atoms with van der Waals surface area (Å²) < 4.78 is 24.7. The Labute approximate surface area is 77.7 Å². The molecule has 1 rings (SSSR count). The molecule has 3 nitrogen and oxygen atoms in total. The predicted molar refractivity (Wildman–Crippen MR) is 43.3 cm³/mol. The minimum Gasteiger partial charge on any atom is -0.382 e. The fraction of sp³-hybridized carbons (Fsp3) is 0.143. The highest BCUT2D eigenvalue weighted by molar-refractivity contribution is 6.33. The van der Waals surface area contributed by atoms with Gasteiger partial charge in [-0.1, -0.05) is 11.6 Å². The van der Waals surface area contributed by atoms with Gasteiger partial charge in [0.2, 0.25) is 0 Å². The summed E-state index contributed by atoms with van der Waals surface area (Å²) in [5, 5.41) is 8.11. The van der Waals surface area contributed by atoms with Crippen molar-refractivity contribution >= 4 is 17.4 Å². The molecular weight excluding hydrogens is 200 g/mol. The van der Waals surface area contributed by atoms with E-state index in [1.54, 1.807) is 6.07 Å². The van der Waals surface area contributed by atoms with Crippen LogP contribution in [0.25, 0.3) is 0 Å². The first kappa shape index (κ1) is 9.68. The first-order valence-corrected chi connectivity index (χ1v) is 3.57. The summed E-state index contributed by atoms with van der Waals surface area (Å²) in [6.45, 7) is 0. The average Bonchev–Trinajstić information content (AvgIpc) is 2.08. The van der Waals surface area contributed by atoms with E-state index >= 15 is 0 Å². The molecular formula is C7H4ClF2N3. The Balaban J connectivity index is 3.43. The molecule has 0 unspecified atom stereocenters. The monoisotopic (exact) mass is 203 g/mol. The lowest BCUT2D eigenvalue weighted by molar-refractivity contribution is 0.151. The fourth-order valence-corrected chi connectivity index (χ4v) is 1.05. The molecule has 0 aliphatic rings. The molecule has 0 saturated heterocycles. The van der Waals surface area contributed by atoms with Crippen molar-refractivity contribution in [3.05, 3.63) is 22.3 Å². The smallest absolute Gasteiger partial charge is 0.266 e. The van der Waals surface area contributed by atoms with Gasteiger partial charge >= 0.3 is 0 Å². The van der Waals surface area contributed by atoms with E-state index in [-0.39, 0.29) is 16.4 Å². The van der Waals surface area contributed by atoms with Gasteiger partial charge in [-0.3, -0.25) is 0 Å². The fourth-order valence-electron chi connectivity index (χ4n) is 0.819. The van der Waals surface area contributed by atoms with Gasteiger partial charge in [0.05, 0.1) is 16.1 Å². The third kappa shape index (κ3) is 1.68. The van der Waals surface area contributed by atoms with Crippen LogP contribution in [0.4, 0.5) is 14.6 Å². The summed E-state index contributed by atoms with van der Waals surface area (Å²) in [5.41, 5.74) is 4.38. The minimum absolute atomic E-state index is 0.198. The van der Waals surface area contributed by atoms with Gasteiger partial charge in [-0.2, -0.15) is 5.26 Å². The zero-order valence-corrected chi connectivity index (χ0v) is 7.02. The molecule has 1 aromatic heterocycles. The van der Waals surface area contributed by atoms with Crippen LogP contribution < -0.4 is 5.73 Å². The van der Waals surface area contributed by atoms with Gasteiger partial charge in [-0.15, -0.1) is 0 Å². The van der Waals surface area contributed by atoms with Gasteiger partial charge in [0, 0.05) is 6.20 Å². The number of hydrogen-bond acceptors (Lipinski definition) is 3. The standard InChI is InChI=1S/C7H4ClF2N3/c8-5-4(6(9)10)3(1-11)2-13-7(5)12/h2,6H,(H2,12,13). The summed E-state index contributed by atoms with van der Waals surface area (Å²) in [7, 11) is 0. The highest BCUT2D eigenvalue weighted by Crippen LogP contribution is 2.32. The van der Waals surface area contributed by atoms with E-state index in [1.165, 1.54) is 0 Å². The molecule has 0 radical (unpaired) electrons. The van der Waals surface area contributed by atoms with E-state index in [4.69, 9.17) is 22.6 Å². The summed E-state index contributed by atoms with van der Waals surface area (Å²) in [6.07, 6.45) is -1.85. The van der Waals surface area contributed by atoms with Crippen molar-refractivity contribution in [1.82, 2.24) is 4.98 Å². The van der Waals surface area contributed by atoms with Crippen molar-refractivity contribution in [2.75, 3.05) is 5.73 Å². The topological polar surface area (TPSA) is 62.7 Å². The molecule has 0 bridgehead atoms. The second-order valence-corrected chi connectivity index (χ2v) is 2.58. The molecule has 0 amide bonds. The molecule has 1 aromatic rings. The number of nitriles is 1. The van der Waals surface area contributed by atoms with Crippen molar-refractivity contribution in [2.24, 2.45) is 0 Å². The summed E-state index contributed by atoms with van der Waals surface area (Å²) in [6, 6.07) is 1.56. The van der Waals surface area contributed by atoms with Gasteiger partial charge in [0.15, 0.2) is 0 Å². The Morgan fingerprint density at radius 2 is 2.23 bits per heavy atom. The number of alkyl halides is 2. The van der Waals surface area contributed by atoms with Gasteiger partial charge in [0.25, 0.3) is 6.43 Å². The number of aromatic nitrogens is 1. The van der Waals surface area contributed by atoms with E-state index in [9.17, 15) is 8.78 Å². The summed E-state index contributed by atoms with van der Waals surface area (Å²) >= 11 is 5.45.